The van der Waals surface area contributed by atoms with Gasteiger partial charge in [-0.05, 0) is 47.9 Å². The van der Waals surface area contributed by atoms with Crippen LogP contribution < -0.4 is 4.74 Å². The fourth-order valence-corrected chi connectivity index (χ4v) is 3.28. The van der Waals surface area contributed by atoms with Crippen molar-refractivity contribution in [3.8, 4) is 5.75 Å². The molecule has 0 saturated heterocycles. The fourth-order valence-electron chi connectivity index (χ4n) is 3.28. The summed E-state index contributed by atoms with van der Waals surface area (Å²) in [4.78, 5) is 11.5. The zero-order valence-electron chi connectivity index (χ0n) is 12.7. The maximum Gasteiger partial charge on any atom is 0.154 e. The Hall–Kier alpha value is -1.83. The molecule has 0 radical (unpaired) electrons. The van der Waals surface area contributed by atoms with E-state index in [1.54, 1.807) is 0 Å². The topological polar surface area (TPSA) is 26.3 Å². The quantitative estimate of drug-likeness (QED) is 0.752. The van der Waals surface area contributed by atoms with E-state index in [4.69, 9.17) is 4.74 Å². The van der Waals surface area contributed by atoms with Crippen molar-refractivity contribution in [2.75, 3.05) is 0 Å². The lowest BCUT2D eigenvalue weighted by atomic mass is 9.80. The minimum atomic E-state index is 0.232. The molecule has 1 aliphatic carbocycles. The molecule has 2 aromatic rings. The van der Waals surface area contributed by atoms with Crippen LogP contribution in [0.5, 0.6) is 5.75 Å². The van der Waals surface area contributed by atoms with E-state index in [1.807, 2.05) is 36.4 Å². The third-order valence-electron chi connectivity index (χ3n) is 4.89. The van der Waals surface area contributed by atoms with Gasteiger partial charge in [0, 0.05) is 0 Å². The van der Waals surface area contributed by atoms with Gasteiger partial charge in [-0.25, -0.2) is 0 Å². The Kier molecular flexibility index (Phi) is 3.96. The van der Waals surface area contributed by atoms with Gasteiger partial charge in [-0.3, -0.25) is 4.79 Å². The van der Waals surface area contributed by atoms with Gasteiger partial charge in [-0.1, -0.05) is 44.2 Å². The highest BCUT2D eigenvalue weighted by molar-refractivity contribution is 6.00. The lowest BCUT2D eigenvalue weighted by Crippen LogP contribution is -2.29. The van der Waals surface area contributed by atoms with Crippen LogP contribution in [0.4, 0.5) is 0 Å². The smallest absolute Gasteiger partial charge is 0.154 e. The Morgan fingerprint density at radius 1 is 1.05 bits per heavy atom. The van der Waals surface area contributed by atoms with E-state index in [1.165, 1.54) is 6.42 Å². The maximum atomic E-state index is 11.5. The summed E-state index contributed by atoms with van der Waals surface area (Å²) in [6, 6.07) is 11.9. The van der Waals surface area contributed by atoms with E-state index in [-0.39, 0.29) is 6.10 Å². The van der Waals surface area contributed by atoms with Gasteiger partial charge in [0.05, 0.1) is 11.7 Å². The zero-order chi connectivity index (χ0) is 14.8. The normalized spacial score (nSPS) is 25.7. The first-order chi connectivity index (χ1) is 10.2. The number of rotatable bonds is 3. The van der Waals surface area contributed by atoms with Crippen LogP contribution in [0.25, 0.3) is 10.8 Å². The van der Waals surface area contributed by atoms with Crippen LogP contribution in [0.3, 0.4) is 0 Å². The number of benzene rings is 2. The number of carbonyl (C=O) groups is 1. The van der Waals surface area contributed by atoms with E-state index >= 15 is 0 Å². The van der Waals surface area contributed by atoms with Crippen molar-refractivity contribution in [2.24, 2.45) is 11.8 Å². The maximum absolute atomic E-state index is 11.5. The van der Waals surface area contributed by atoms with E-state index in [9.17, 15) is 4.79 Å². The molecule has 110 valence electrons. The fraction of sp³-hybridized carbons (Fsp3) is 0.421. The van der Waals surface area contributed by atoms with Gasteiger partial charge in [-0.2, -0.15) is 0 Å². The average molecular weight is 282 g/mol. The van der Waals surface area contributed by atoms with E-state index < -0.39 is 0 Å². The first-order valence-electron chi connectivity index (χ1n) is 7.82. The highest BCUT2D eigenvalue weighted by Gasteiger charge is 2.26. The monoisotopic (exact) mass is 282 g/mol. The molecule has 1 aliphatic rings. The molecule has 3 rings (SSSR count). The number of aldehydes is 1. The molecule has 1 saturated carbocycles. The number of hydrogen-bond acceptors (Lipinski definition) is 2. The molecular formula is C19H22O2. The summed E-state index contributed by atoms with van der Waals surface area (Å²) in [7, 11) is 0. The van der Waals surface area contributed by atoms with Crippen molar-refractivity contribution in [2.45, 2.75) is 39.2 Å². The Balaban J connectivity index is 1.89. The van der Waals surface area contributed by atoms with Gasteiger partial charge < -0.3 is 4.74 Å². The Bertz CT molecular complexity index is 647. The SMILES string of the molecule is CC1CCC(Oc2ccc3ccccc3c2C=O)CC1C. The van der Waals surface area contributed by atoms with Crippen LogP contribution in [0.15, 0.2) is 36.4 Å². The molecule has 0 amide bonds. The van der Waals surface area contributed by atoms with Crippen molar-refractivity contribution in [1.29, 1.82) is 0 Å². The summed E-state index contributed by atoms with van der Waals surface area (Å²) >= 11 is 0. The lowest BCUT2D eigenvalue weighted by molar-refractivity contribution is 0.0979. The number of hydrogen-bond donors (Lipinski definition) is 0. The van der Waals surface area contributed by atoms with Gasteiger partial charge in [0.15, 0.2) is 6.29 Å². The van der Waals surface area contributed by atoms with Gasteiger partial charge >= 0.3 is 0 Å². The van der Waals surface area contributed by atoms with Crippen LogP contribution in [-0.4, -0.2) is 12.4 Å². The zero-order valence-corrected chi connectivity index (χ0v) is 12.7. The van der Waals surface area contributed by atoms with Crippen molar-refractivity contribution < 1.29 is 9.53 Å². The van der Waals surface area contributed by atoms with Gasteiger partial charge in [0.2, 0.25) is 0 Å². The van der Waals surface area contributed by atoms with Gasteiger partial charge in [0.1, 0.15) is 5.75 Å². The van der Waals surface area contributed by atoms with Gasteiger partial charge in [0.25, 0.3) is 0 Å². The highest BCUT2D eigenvalue weighted by Crippen LogP contribution is 2.34. The van der Waals surface area contributed by atoms with Crippen molar-refractivity contribution in [3.63, 3.8) is 0 Å². The van der Waals surface area contributed by atoms with Crippen LogP contribution in [0.1, 0.15) is 43.5 Å². The Morgan fingerprint density at radius 2 is 1.86 bits per heavy atom. The third-order valence-corrected chi connectivity index (χ3v) is 4.89. The predicted molar refractivity (Wildman–Crippen MR) is 85.9 cm³/mol. The Labute approximate surface area is 126 Å². The van der Waals surface area contributed by atoms with Crippen LogP contribution in [-0.2, 0) is 0 Å². The molecule has 2 nitrogen and oxygen atoms in total. The van der Waals surface area contributed by atoms with Crippen LogP contribution in [0.2, 0.25) is 0 Å². The van der Waals surface area contributed by atoms with Crippen molar-refractivity contribution in [1.82, 2.24) is 0 Å². The van der Waals surface area contributed by atoms with E-state index in [0.717, 1.165) is 41.6 Å². The second-order valence-corrected chi connectivity index (χ2v) is 6.32. The largest absolute Gasteiger partial charge is 0.490 e. The highest BCUT2D eigenvalue weighted by atomic mass is 16.5. The Morgan fingerprint density at radius 3 is 2.62 bits per heavy atom. The van der Waals surface area contributed by atoms with E-state index in [0.29, 0.717) is 11.5 Å². The molecule has 0 bridgehead atoms. The summed E-state index contributed by atoms with van der Waals surface area (Å²) in [5.41, 5.74) is 0.680. The molecule has 0 aromatic heterocycles. The molecule has 2 heteroatoms. The van der Waals surface area contributed by atoms with Crippen LogP contribution in [0, 0.1) is 11.8 Å². The van der Waals surface area contributed by atoms with Crippen molar-refractivity contribution >= 4 is 17.1 Å². The second-order valence-electron chi connectivity index (χ2n) is 6.32. The first kappa shape index (κ1) is 14.1. The number of fused-ring (bicyclic) bond motifs is 1. The summed E-state index contributed by atoms with van der Waals surface area (Å²) in [5.74, 6) is 2.19. The molecule has 3 unspecified atom stereocenters. The minimum Gasteiger partial charge on any atom is -0.490 e. The average Bonchev–Trinajstić information content (AvgIpc) is 2.51. The molecule has 0 N–H and O–H groups in total. The first-order valence-corrected chi connectivity index (χ1v) is 7.82. The van der Waals surface area contributed by atoms with Crippen molar-refractivity contribution in [3.05, 3.63) is 42.0 Å². The summed E-state index contributed by atoms with van der Waals surface area (Å²) < 4.78 is 6.17. The number of carbonyl (C=O) groups excluding carboxylic acids is 1. The molecule has 0 aliphatic heterocycles. The summed E-state index contributed by atoms with van der Waals surface area (Å²) in [6.45, 7) is 4.61. The molecule has 0 spiro atoms. The molecule has 21 heavy (non-hydrogen) atoms. The third kappa shape index (κ3) is 2.80. The molecule has 3 atom stereocenters. The lowest BCUT2D eigenvalue weighted by Gasteiger charge is -2.32. The summed E-state index contributed by atoms with van der Waals surface area (Å²) in [6.07, 6.45) is 4.52. The van der Waals surface area contributed by atoms with Gasteiger partial charge in [-0.15, -0.1) is 0 Å². The molecule has 0 heterocycles. The molecule has 2 aromatic carbocycles. The minimum absolute atomic E-state index is 0.232. The van der Waals surface area contributed by atoms with E-state index in [2.05, 4.69) is 13.8 Å². The number of ether oxygens (including phenoxy) is 1. The second kappa shape index (κ2) is 5.88. The molecular weight excluding hydrogens is 260 g/mol. The standard InChI is InChI=1S/C19H22O2/c1-13-7-9-16(11-14(13)2)21-19-10-8-15-5-3-4-6-17(15)18(19)12-20/h3-6,8,10,12-14,16H,7,9,11H2,1-2H3. The predicted octanol–water partition coefficient (Wildman–Crippen LogP) is 4.86. The van der Waals surface area contributed by atoms with Crippen LogP contribution >= 0.6 is 0 Å². The molecule has 1 fully saturated rings. The summed E-state index contributed by atoms with van der Waals surface area (Å²) in [5, 5.41) is 2.06.